The average Bonchev–Trinajstić information content (AvgIpc) is 2.79. The molecule has 14 N–H and O–H groups in total. The Morgan fingerprint density at radius 2 is 1.21 bits per heavy atom. The minimum atomic E-state index is -1.19. The van der Waals surface area contributed by atoms with Crippen LogP contribution in [-0.2, 0) is 19.2 Å². The van der Waals surface area contributed by atoms with Crippen LogP contribution in [0.15, 0.2) is 0 Å². The zero-order chi connectivity index (χ0) is 25.9. The molecule has 0 aliphatic heterocycles. The van der Waals surface area contributed by atoms with Crippen molar-refractivity contribution in [1.82, 2.24) is 21.3 Å². The van der Waals surface area contributed by atoms with Crippen molar-refractivity contribution in [2.24, 2.45) is 22.9 Å². The van der Waals surface area contributed by atoms with Gasteiger partial charge in [0.15, 0.2) is 5.96 Å². The summed E-state index contributed by atoms with van der Waals surface area (Å²) in [4.78, 5) is 49.1. The van der Waals surface area contributed by atoms with Gasteiger partial charge in [-0.05, 0) is 64.5 Å². The average molecular weight is 488 g/mol. The van der Waals surface area contributed by atoms with Gasteiger partial charge in [-0.15, -0.1) is 0 Å². The Labute approximate surface area is 199 Å². The van der Waals surface area contributed by atoms with E-state index in [9.17, 15) is 24.3 Å². The fourth-order valence-corrected chi connectivity index (χ4v) is 3.11. The van der Waals surface area contributed by atoms with Crippen LogP contribution in [-0.4, -0.2) is 79.1 Å². The van der Waals surface area contributed by atoms with Gasteiger partial charge in [-0.3, -0.25) is 19.8 Å². The molecule has 0 radical (unpaired) electrons. The summed E-state index contributed by atoms with van der Waals surface area (Å²) >= 11 is 0. The molecule has 14 nitrogen and oxygen atoms in total. The highest BCUT2D eigenvalue weighted by Gasteiger charge is 2.29. The number of carboxylic acid groups (broad SMARTS) is 1. The Kier molecular flexibility index (Phi) is 16.8. The van der Waals surface area contributed by atoms with Gasteiger partial charge < -0.3 is 49.3 Å². The normalized spacial score (nSPS) is 13.3. The van der Waals surface area contributed by atoms with E-state index < -0.39 is 41.8 Å². The van der Waals surface area contributed by atoms with E-state index in [1.807, 2.05) is 0 Å². The molecule has 0 aromatic heterocycles. The van der Waals surface area contributed by atoms with Crippen LogP contribution in [0, 0.1) is 5.41 Å². The van der Waals surface area contributed by atoms with Crippen LogP contribution in [0.25, 0.3) is 0 Å². The topological polar surface area (TPSA) is 265 Å². The summed E-state index contributed by atoms with van der Waals surface area (Å²) in [5.74, 6) is -3.20. The van der Waals surface area contributed by atoms with Crippen molar-refractivity contribution in [1.29, 1.82) is 5.41 Å². The molecule has 0 bridgehead atoms. The fraction of sp³-hybridized carbons (Fsp3) is 0.750. The second-order valence-electron chi connectivity index (χ2n) is 7.84. The number of guanidine groups is 1. The van der Waals surface area contributed by atoms with Crippen LogP contribution in [0.1, 0.15) is 51.4 Å². The molecule has 0 spiro atoms. The lowest BCUT2D eigenvalue weighted by Crippen LogP contribution is -2.56. The monoisotopic (exact) mass is 487 g/mol. The summed E-state index contributed by atoms with van der Waals surface area (Å²) in [6.07, 6.45) is 3.34. The Morgan fingerprint density at radius 1 is 0.735 bits per heavy atom. The van der Waals surface area contributed by atoms with Gasteiger partial charge in [0.25, 0.3) is 0 Å². The molecule has 0 aromatic rings. The van der Waals surface area contributed by atoms with Crippen LogP contribution < -0.4 is 44.2 Å². The Morgan fingerprint density at radius 3 is 1.68 bits per heavy atom. The number of unbranched alkanes of at least 4 members (excludes halogenated alkanes) is 2. The summed E-state index contributed by atoms with van der Waals surface area (Å²) < 4.78 is 0. The number of carboxylic acids is 1. The Balaban J connectivity index is 5.37. The third kappa shape index (κ3) is 14.2. The van der Waals surface area contributed by atoms with E-state index in [4.69, 9.17) is 28.3 Å². The molecule has 0 rings (SSSR count). The maximum Gasteiger partial charge on any atom is 0.326 e. The SMILES string of the molecule is N=C(N)NCCC[C@H](NC(=O)[C@H](CCCCN)NC(=O)CN)C(=O)N[C@@H](CCCCN)C(=O)O. The number of carbonyl (C=O) groups is 4. The summed E-state index contributed by atoms with van der Waals surface area (Å²) in [5.41, 5.74) is 21.5. The van der Waals surface area contributed by atoms with E-state index in [1.165, 1.54) is 0 Å². The zero-order valence-electron chi connectivity index (χ0n) is 19.6. The van der Waals surface area contributed by atoms with Crippen LogP contribution in [0.3, 0.4) is 0 Å². The molecule has 3 atom stereocenters. The summed E-state index contributed by atoms with van der Waals surface area (Å²) in [7, 11) is 0. The molecule has 14 heteroatoms. The van der Waals surface area contributed by atoms with Gasteiger partial charge in [-0.2, -0.15) is 0 Å². The fourth-order valence-electron chi connectivity index (χ4n) is 3.11. The lowest BCUT2D eigenvalue weighted by Gasteiger charge is -2.24. The second-order valence-corrected chi connectivity index (χ2v) is 7.84. The van der Waals surface area contributed by atoms with Crippen molar-refractivity contribution >= 4 is 29.7 Å². The van der Waals surface area contributed by atoms with E-state index in [0.717, 1.165) is 0 Å². The lowest BCUT2D eigenvalue weighted by atomic mass is 10.0. The number of nitrogens with two attached hydrogens (primary N) is 4. The van der Waals surface area contributed by atoms with Gasteiger partial charge >= 0.3 is 5.97 Å². The van der Waals surface area contributed by atoms with Crippen molar-refractivity contribution in [3.8, 4) is 0 Å². The molecule has 0 unspecified atom stereocenters. The number of hydrogen-bond acceptors (Lipinski definition) is 8. The summed E-state index contributed by atoms with van der Waals surface area (Å²) in [5, 5.41) is 26.9. The van der Waals surface area contributed by atoms with E-state index in [-0.39, 0.29) is 31.9 Å². The molecule has 0 aliphatic rings. The number of nitrogens with one attached hydrogen (secondary N) is 5. The molecule has 0 fully saturated rings. The van der Waals surface area contributed by atoms with E-state index in [1.54, 1.807) is 0 Å². The minimum absolute atomic E-state index is 0.146. The molecule has 0 saturated heterocycles. The second kappa shape index (κ2) is 18.5. The third-order valence-corrected chi connectivity index (χ3v) is 4.96. The number of amides is 3. The minimum Gasteiger partial charge on any atom is -0.480 e. The molecular formula is C20H41N9O5. The van der Waals surface area contributed by atoms with Gasteiger partial charge in [0.2, 0.25) is 17.7 Å². The first-order valence-corrected chi connectivity index (χ1v) is 11.5. The smallest absolute Gasteiger partial charge is 0.326 e. The third-order valence-electron chi connectivity index (χ3n) is 4.96. The maximum atomic E-state index is 12.9. The van der Waals surface area contributed by atoms with Crippen molar-refractivity contribution in [2.75, 3.05) is 26.2 Å². The van der Waals surface area contributed by atoms with E-state index in [2.05, 4.69) is 21.3 Å². The molecular weight excluding hydrogens is 446 g/mol. The van der Waals surface area contributed by atoms with Gasteiger partial charge in [0.1, 0.15) is 18.1 Å². The zero-order valence-corrected chi connectivity index (χ0v) is 19.6. The van der Waals surface area contributed by atoms with Gasteiger partial charge in [-0.25, -0.2) is 4.79 Å². The highest BCUT2D eigenvalue weighted by Crippen LogP contribution is 2.06. The first kappa shape index (κ1) is 31.0. The van der Waals surface area contributed by atoms with E-state index in [0.29, 0.717) is 51.6 Å². The molecule has 0 aromatic carbocycles. The highest BCUT2D eigenvalue weighted by molar-refractivity contribution is 5.93. The molecule has 34 heavy (non-hydrogen) atoms. The first-order valence-electron chi connectivity index (χ1n) is 11.5. The van der Waals surface area contributed by atoms with Gasteiger partial charge in [0, 0.05) is 6.54 Å². The van der Waals surface area contributed by atoms with Gasteiger partial charge in [0.05, 0.1) is 6.54 Å². The summed E-state index contributed by atoms with van der Waals surface area (Å²) in [6.45, 7) is 0.804. The predicted molar refractivity (Wildman–Crippen MR) is 127 cm³/mol. The molecule has 3 amide bonds. The van der Waals surface area contributed by atoms with Crippen molar-refractivity contribution in [2.45, 2.75) is 69.5 Å². The lowest BCUT2D eigenvalue weighted by molar-refractivity contribution is -0.142. The number of carbonyl (C=O) groups excluding carboxylic acids is 3. The predicted octanol–water partition coefficient (Wildman–Crippen LogP) is -2.99. The van der Waals surface area contributed by atoms with Gasteiger partial charge in [-0.1, -0.05) is 0 Å². The van der Waals surface area contributed by atoms with Crippen LogP contribution >= 0.6 is 0 Å². The Hall–Kier alpha value is -2.97. The van der Waals surface area contributed by atoms with Crippen molar-refractivity contribution in [3.05, 3.63) is 0 Å². The van der Waals surface area contributed by atoms with Crippen molar-refractivity contribution < 1.29 is 24.3 Å². The van der Waals surface area contributed by atoms with Crippen LogP contribution in [0.2, 0.25) is 0 Å². The number of rotatable bonds is 19. The van der Waals surface area contributed by atoms with Crippen LogP contribution in [0.4, 0.5) is 0 Å². The Bertz CT molecular complexity index is 662. The number of aliphatic carboxylic acids is 1. The maximum absolute atomic E-state index is 12.9. The quantitative estimate of drug-likeness (QED) is 0.0501. The number of hydrogen-bond donors (Lipinski definition) is 10. The summed E-state index contributed by atoms with van der Waals surface area (Å²) in [6, 6.07) is -3.12. The molecule has 196 valence electrons. The van der Waals surface area contributed by atoms with Crippen LogP contribution in [0.5, 0.6) is 0 Å². The first-order chi connectivity index (χ1) is 16.2. The van der Waals surface area contributed by atoms with E-state index >= 15 is 0 Å². The molecule has 0 aliphatic carbocycles. The molecule has 0 heterocycles. The largest absolute Gasteiger partial charge is 0.480 e. The highest BCUT2D eigenvalue weighted by atomic mass is 16.4. The van der Waals surface area contributed by atoms with Crippen molar-refractivity contribution in [3.63, 3.8) is 0 Å². The molecule has 0 saturated carbocycles. The standard InChI is InChI=1S/C20H41N9O5/c21-9-3-1-6-13(27-16(30)12-23)17(31)28-14(8-5-11-26-20(24)25)18(32)29-15(19(33)34)7-2-4-10-22/h13-15H,1-12,21-23H2,(H,27,30)(H,28,31)(H,29,32)(H,33,34)(H4,24,25,26)/t13-,14-,15-/m0/s1.